The Kier molecular flexibility index (Phi) is 3.82. The van der Waals surface area contributed by atoms with Gasteiger partial charge in [-0.3, -0.25) is 0 Å². The van der Waals surface area contributed by atoms with E-state index in [0.29, 0.717) is 0 Å². The van der Waals surface area contributed by atoms with Crippen LogP contribution in [0.15, 0.2) is 0 Å². The van der Waals surface area contributed by atoms with E-state index in [2.05, 4.69) is 34.0 Å². The third kappa shape index (κ3) is 2.68. The average Bonchev–Trinajstić information content (AvgIpc) is 2.61. The largest absolute Gasteiger partial charge is 0.373 e. The first-order valence-electron chi connectivity index (χ1n) is 6.50. The minimum absolute atomic E-state index is 0.888. The molecule has 4 nitrogen and oxygen atoms in total. The maximum atomic E-state index is 4.62. The summed E-state index contributed by atoms with van der Waals surface area (Å²) in [6.45, 7) is 6.30. The van der Waals surface area contributed by atoms with E-state index >= 15 is 0 Å². The molecule has 0 radical (unpaired) electrons. The Labute approximate surface area is 103 Å². The molecule has 0 bridgehead atoms. The number of nitrogens with zero attached hydrogens (tertiary/aromatic N) is 3. The summed E-state index contributed by atoms with van der Waals surface area (Å²) in [6.07, 6.45) is 5.18. The van der Waals surface area contributed by atoms with E-state index in [0.717, 1.165) is 36.1 Å². The molecule has 0 unspecified atom stereocenters. The predicted octanol–water partition coefficient (Wildman–Crippen LogP) is 2.52. The molecule has 4 heteroatoms. The lowest BCUT2D eigenvalue weighted by molar-refractivity contribution is 0.726. The highest BCUT2D eigenvalue weighted by molar-refractivity contribution is 5.50. The van der Waals surface area contributed by atoms with E-state index in [-0.39, 0.29) is 0 Å². The molecule has 94 valence electrons. The number of hydrogen-bond donors (Lipinski definition) is 1. The minimum Gasteiger partial charge on any atom is -0.373 e. The standard InChI is InChI=1S/C13H22N4/c1-10-11(2)15-13(16-12(10)14-3)17-8-6-4-5-7-9-17/h4-9H2,1-3H3,(H,14,15,16). The van der Waals surface area contributed by atoms with Crippen LogP contribution in [0.1, 0.15) is 36.9 Å². The van der Waals surface area contributed by atoms with Crippen molar-refractivity contribution in [3.05, 3.63) is 11.3 Å². The molecule has 1 aliphatic heterocycles. The Bertz CT molecular complexity index is 381. The molecule has 17 heavy (non-hydrogen) atoms. The Balaban J connectivity index is 2.27. The van der Waals surface area contributed by atoms with E-state index in [1.54, 1.807) is 0 Å². The van der Waals surface area contributed by atoms with Gasteiger partial charge >= 0.3 is 0 Å². The van der Waals surface area contributed by atoms with Crippen molar-refractivity contribution in [2.24, 2.45) is 0 Å². The van der Waals surface area contributed by atoms with Crippen molar-refractivity contribution in [2.45, 2.75) is 39.5 Å². The average molecular weight is 234 g/mol. The SMILES string of the molecule is CNc1nc(N2CCCCCC2)nc(C)c1C. The predicted molar refractivity (Wildman–Crippen MR) is 71.7 cm³/mol. The van der Waals surface area contributed by atoms with Gasteiger partial charge in [-0.2, -0.15) is 4.98 Å². The van der Waals surface area contributed by atoms with Gasteiger partial charge in [0, 0.05) is 31.4 Å². The molecule has 1 N–H and O–H groups in total. The van der Waals surface area contributed by atoms with Crippen molar-refractivity contribution in [3.63, 3.8) is 0 Å². The first kappa shape index (κ1) is 12.1. The molecule has 2 heterocycles. The Morgan fingerprint density at radius 3 is 2.24 bits per heavy atom. The molecule has 0 atom stereocenters. The maximum absolute atomic E-state index is 4.62. The number of nitrogens with one attached hydrogen (secondary N) is 1. The Morgan fingerprint density at radius 2 is 1.65 bits per heavy atom. The van der Waals surface area contributed by atoms with E-state index in [4.69, 9.17) is 0 Å². The first-order valence-corrected chi connectivity index (χ1v) is 6.50. The minimum atomic E-state index is 0.888. The summed E-state index contributed by atoms with van der Waals surface area (Å²) >= 11 is 0. The van der Waals surface area contributed by atoms with E-state index < -0.39 is 0 Å². The molecule has 1 saturated heterocycles. The van der Waals surface area contributed by atoms with Gasteiger partial charge in [0.15, 0.2) is 0 Å². The zero-order valence-electron chi connectivity index (χ0n) is 11.1. The van der Waals surface area contributed by atoms with Crippen LogP contribution in [-0.4, -0.2) is 30.1 Å². The summed E-state index contributed by atoms with van der Waals surface area (Å²) in [5, 5.41) is 3.15. The van der Waals surface area contributed by atoms with Crippen molar-refractivity contribution in [3.8, 4) is 0 Å². The van der Waals surface area contributed by atoms with Crippen molar-refractivity contribution < 1.29 is 0 Å². The summed E-state index contributed by atoms with van der Waals surface area (Å²) in [5.41, 5.74) is 2.22. The molecule has 1 aromatic heterocycles. The molecule has 0 spiro atoms. The van der Waals surface area contributed by atoms with Crippen LogP contribution in [-0.2, 0) is 0 Å². The highest BCUT2D eigenvalue weighted by atomic mass is 15.3. The molecule has 0 aromatic carbocycles. The Hall–Kier alpha value is -1.32. The van der Waals surface area contributed by atoms with E-state index in [1.807, 2.05) is 7.05 Å². The molecule has 1 fully saturated rings. The van der Waals surface area contributed by atoms with Crippen LogP contribution in [0, 0.1) is 13.8 Å². The van der Waals surface area contributed by atoms with E-state index in [1.165, 1.54) is 25.7 Å². The van der Waals surface area contributed by atoms with Gasteiger partial charge in [0.2, 0.25) is 5.95 Å². The highest BCUT2D eigenvalue weighted by Crippen LogP contribution is 2.21. The lowest BCUT2D eigenvalue weighted by Crippen LogP contribution is -2.26. The fraction of sp³-hybridized carbons (Fsp3) is 0.692. The number of hydrogen-bond acceptors (Lipinski definition) is 4. The highest BCUT2D eigenvalue weighted by Gasteiger charge is 2.15. The monoisotopic (exact) mass is 234 g/mol. The van der Waals surface area contributed by atoms with Gasteiger partial charge in [-0.25, -0.2) is 4.98 Å². The molecule has 0 aliphatic carbocycles. The molecule has 1 aromatic rings. The summed E-state index contributed by atoms with van der Waals surface area (Å²) in [5.74, 6) is 1.84. The second-order valence-electron chi connectivity index (χ2n) is 4.73. The normalized spacial score (nSPS) is 16.8. The van der Waals surface area contributed by atoms with Crippen LogP contribution < -0.4 is 10.2 Å². The lowest BCUT2D eigenvalue weighted by Gasteiger charge is -2.21. The lowest BCUT2D eigenvalue weighted by atomic mass is 10.2. The molecular formula is C13H22N4. The van der Waals surface area contributed by atoms with Crippen molar-refractivity contribution in [2.75, 3.05) is 30.4 Å². The van der Waals surface area contributed by atoms with Gasteiger partial charge < -0.3 is 10.2 Å². The fourth-order valence-corrected chi connectivity index (χ4v) is 2.27. The van der Waals surface area contributed by atoms with Crippen LogP contribution in [0.25, 0.3) is 0 Å². The van der Waals surface area contributed by atoms with E-state index in [9.17, 15) is 0 Å². The second kappa shape index (κ2) is 5.34. The number of aromatic nitrogens is 2. The van der Waals surface area contributed by atoms with Crippen molar-refractivity contribution in [1.82, 2.24) is 9.97 Å². The third-order valence-corrected chi connectivity index (χ3v) is 3.50. The Morgan fingerprint density at radius 1 is 1.00 bits per heavy atom. The van der Waals surface area contributed by atoms with Gasteiger partial charge in [0.1, 0.15) is 5.82 Å². The quantitative estimate of drug-likeness (QED) is 0.853. The number of rotatable bonds is 2. The molecule has 0 saturated carbocycles. The second-order valence-corrected chi connectivity index (χ2v) is 4.73. The smallest absolute Gasteiger partial charge is 0.227 e. The van der Waals surface area contributed by atoms with Crippen LogP contribution >= 0.6 is 0 Å². The zero-order chi connectivity index (χ0) is 12.3. The third-order valence-electron chi connectivity index (χ3n) is 3.50. The van der Waals surface area contributed by atoms with Gasteiger partial charge in [0.05, 0.1) is 0 Å². The number of anilines is 2. The summed E-state index contributed by atoms with van der Waals surface area (Å²) in [7, 11) is 1.92. The summed E-state index contributed by atoms with van der Waals surface area (Å²) in [4.78, 5) is 11.6. The van der Waals surface area contributed by atoms with Crippen LogP contribution in [0.4, 0.5) is 11.8 Å². The van der Waals surface area contributed by atoms with Gasteiger partial charge in [-0.1, -0.05) is 12.8 Å². The van der Waals surface area contributed by atoms with Crippen LogP contribution in [0.2, 0.25) is 0 Å². The fourth-order valence-electron chi connectivity index (χ4n) is 2.27. The topological polar surface area (TPSA) is 41.1 Å². The summed E-state index contributed by atoms with van der Waals surface area (Å²) in [6, 6.07) is 0. The van der Waals surface area contributed by atoms with Crippen molar-refractivity contribution in [1.29, 1.82) is 0 Å². The molecule has 1 aliphatic rings. The maximum Gasteiger partial charge on any atom is 0.227 e. The number of aryl methyl sites for hydroxylation is 1. The zero-order valence-corrected chi connectivity index (χ0v) is 11.1. The van der Waals surface area contributed by atoms with Gasteiger partial charge in [-0.05, 0) is 26.7 Å². The molecular weight excluding hydrogens is 212 g/mol. The van der Waals surface area contributed by atoms with Crippen LogP contribution in [0.5, 0.6) is 0 Å². The summed E-state index contributed by atoms with van der Waals surface area (Å²) < 4.78 is 0. The van der Waals surface area contributed by atoms with Crippen molar-refractivity contribution >= 4 is 11.8 Å². The molecule has 2 rings (SSSR count). The molecule has 0 amide bonds. The van der Waals surface area contributed by atoms with Crippen LogP contribution in [0.3, 0.4) is 0 Å². The van der Waals surface area contributed by atoms with Gasteiger partial charge in [0.25, 0.3) is 0 Å². The first-order chi connectivity index (χ1) is 8.22. The van der Waals surface area contributed by atoms with Gasteiger partial charge in [-0.15, -0.1) is 0 Å².